The van der Waals surface area contributed by atoms with Gasteiger partial charge in [0.25, 0.3) is 5.91 Å². The number of hydrogen-bond acceptors (Lipinski definition) is 3. The molecule has 0 fully saturated rings. The Balaban J connectivity index is 1.75. The van der Waals surface area contributed by atoms with Crippen LogP contribution in [0.5, 0.6) is 0 Å². The van der Waals surface area contributed by atoms with Gasteiger partial charge in [0, 0.05) is 17.6 Å². The van der Waals surface area contributed by atoms with E-state index in [9.17, 15) is 14.0 Å². The van der Waals surface area contributed by atoms with Crippen LogP contribution in [0.25, 0.3) is 6.08 Å². The minimum Gasteiger partial charge on any atom is -0.452 e. The van der Waals surface area contributed by atoms with Crippen LogP contribution in [0.1, 0.15) is 11.1 Å². The summed E-state index contributed by atoms with van der Waals surface area (Å²) in [6.45, 7) is -0.0988. The standard InChI is InChI=1S/C18H14Cl2FNO3/c19-14-5-1-13(2-6-14)10-22-17(23)11-25-18(24)8-4-12-3-7-16(21)15(20)9-12/h1-9H,10-11H2,(H,22,23)/b8-4+. The van der Waals surface area contributed by atoms with Gasteiger partial charge in [-0.25, -0.2) is 9.18 Å². The molecule has 0 saturated heterocycles. The summed E-state index contributed by atoms with van der Waals surface area (Å²) in [7, 11) is 0. The molecule has 0 saturated carbocycles. The number of esters is 1. The third-order valence-electron chi connectivity index (χ3n) is 3.10. The molecular weight excluding hydrogens is 368 g/mol. The molecule has 0 unspecified atom stereocenters. The fourth-order valence-corrected chi connectivity index (χ4v) is 2.13. The van der Waals surface area contributed by atoms with E-state index in [1.807, 2.05) is 0 Å². The average molecular weight is 382 g/mol. The Labute approximate surface area is 154 Å². The summed E-state index contributed by atoms with van der Waals surface area (Å²) >= 11 is 11.4. The molecule has 25 heavy (non-hydrogen) atoms. The lowest BCUT2D eigenvalue weighted by atomic mass is 10.2. The smallest absolute Gasteiger partial charge is 0.331 e. The molecule has 0 spiro atoms. The van der Waals surface area contributed by atoms with Gasteiger partial charge in [-0.05, 0) is 41.5 Å². The number of nitrogens with one attached hydrogen (secondary N) is 1. The van der Waals surface area contributed by atoms with Crippen LogP contribution in [0.2, 0.25) is 10.0 Å². The number of halogens is 3. The fraction of sp³-hybridized carbons (Fsp3) is 0.111. The van der Waals surface area contributed by atoms with Crippen LogP contribution in [-0.4, -0.2) is 18.5 Å². The number of ether oxygens (including phenoxy) is 1. The first-order valence-corrected chi connectivity index (χ1v) is 8.00. The van der Waals surface area contributed by atoms with Crippen molar-refractivity contribution in [3.8, 4) is 0 Å². The molecule has 2 aromatic carbocycles. The maximum Gasteiger partial charge on any atom is 0.331 e. The summed E-state index contributed by atoms with van der Waals surface area (Å²) in [5.74, 6) is -1.66. The van der Waals surface area contributed by atoms with Crippen molar-refractivity contribution in [1.29, 1.82) is 0 Å². The highest BCUT2D eigenvalue weighted by atomic mass is 35.5. The van der Waals surface area contributed by atoms with E-state index < -0.39 is 24.3 Å². The Morgan fingerprint density at radius 2 is 1.84 bits per heavy atom. The molecule has 130 valence electrons. The highest BCUT2D eigenvalue weighted by Crippen LogP contribution is 2.16. The highest BCUT2D eigenvalue weighted by molar-refractivity contribution is 6.31. The van der Waals surface area contributed by atoms with E-state index in [1.54, 1.807) is 24.3 Å². The normalized spacial score (nSPS) is 10.7. The van der Waals surface area contributed by atoms with Gasteiger partial charge in [0.1, 0.15) is 5.82 Å². The van der Waals surface area contributed by atoms with Crippen LogP contribution in [0.3, 0.4) is 0 Å². The first kappa shape index (κ1) is 19.0. The van der Waals surface area contributed by atoms with E-state index in [0.717, 1.165) is 11.6 Å². The van der Waals surface area contributed by atoms with E-state index in [0.29, 0.717) is 17.1 Å². The second kappa shape index (κ2) is 9.20. The van der Waals surface area contributed by atoms with Crippen molar-refractivity contribution in [2.75, 3.05) is 6.61 Å². The Morgan fingerprint density at radius 1 is 1.12 bits per heavy atom. The lowest BCUT2D eigenvalue weighted by Crippen LogP contribution is -2.28. The van der Waals surface area contributed by atoms with Crippen molar-refractivity contribution in [2.45, 2.75) is 6.54 Å². The van der Waals surface area contributed by atoms with E-state index in [2.05, 4.69) is 5.32 Å². The molecular formula is C18H14Cl2FNO3. The Morgan fingerprint density at radius 3 is 2.52 bits per heavy atom. The lowest BCUT2D eigenvalue weighted by molar-refractivity contribution is -0.143. The number of carbonyl (C=O) groups excluding carboxylic acids is 2. The lowest BCUT2D eigenvalue weighted by Gasteiger charge is -2.05. The van der Waals surface area contributed by atoms with Crippen molar-refractivity contribution in [2.24, 2.45) is 0 Å². The second-order valence-electron chi connectivity index (χ2n) is 5.02. The Bertz CT molecular complexity index is 791. The van der Waals surface area contributed by atoms with Gasteiger partial charge >= 0.3 is 5.97 Å². The van der Waals surface area contributed by atoms with Gasteiger partial charge in [-0.3, -0.25) is 4.79 Å². The second-order valence-corrected chi connectivity index (χ2v) is 5.86. The van der Waals surface area contributed by atoms with Crippen molar-refractivity contribution >= 4 is 41.2 Å². The zero-order valence-electron chi connectivity index (χ0n) is 13.0. The average Bonchev–Trinajstić information content (AvgIpc) is 2.60. The molecule has 2 aromatic rings. The van der Waals surface area contributed by atoms with Crippen LogP contribution in [0.4, 0.5) is 4.39 Å². The molecule has 7 heteroatoms. The molecule has 1 N–H and O–H groups in total. The molecule has 0 heterocycles. The highest BCUT2D eigenvalue weighted by Gasteiger charge is 2.05. The monoisotopic (exact) mass is 381 g/mol. The van der Waals surface area contributed by atoms with Gasteiger partial charge in [0.15, 0.2) is 6.61 Å². The van der Waals surface area contributed by atoms with Crippen molar-refractivity contribution in [3.63, 3.8) is 0 Å². The SMILES string of the molecule is O=C(COC(=O)/C=C/c1ccc(F)c(Cl)c1)NCc1ccc(Cl)cc1. The zero-order valence-corrected chi connectivity index (χ0v) is 14.5. The van der Waals surface area contributed by atoms with Crippen LogP contribution in [0, 0.1) is 5.82 Å². The number of carbonyl (C=O) groups is 2. The molecule has 4 nitrogen and oxygen atoms in total. The largest absolute Gasteiger partial charge is 0.452 e. The van der Waals surface area contributed by atoms with Crippen molar-refractivity contribution < 1.29 is 18.7 Å². The maximum atomic E-state index is 13.0. The van der Waals surface area contributed by atoms with E-state index in [-0.39, 0.29) is 5.02 Å². The molecule has 0 aliphatic carbocycles. The molecule has 0 aliphatic rings. The van der Waals surface area contributed by atoms with Crippen LogP contribution in [-0.2, 0) is 20.9 Å². The van der Waals surface area contributed by atoms with Crippen molar-refractivity contribution in [1.82, 2.24) is 5.32 Å². The number of rotatable bonds is 6. The summed E-state index contributed by atoms with van der Waals surface area (Å²) in [6, 6.07) is 11.0. The van der Waals surface area contributed by atoms with Gasteiger partial charge < -0.3 is 10.1 Å². The third-order valence-corrected chi connectivity index (χ3v) is 3.65. The van der Waals surface area contributed by atoms with Gasteiger partial charge in [0.05, 0.1) is 5.02 Å². The molecule has 0 radical (unpaired) electrons. The fourth-order valence-electron chi connectivity index (χ4n) is 1.82. The predicted molar refractivity (Wildman–Crippen MR) is 94.7 cm³/mol. The molecule has 2 rings (SSSR count). The molecule has 0 aliphatic heterocycles. The number of hydrogen-bond donors (Lipinski definition) is 1. The first-order chi connectivity index (χ1) is 11.9. The molecule has 0 bridgehead atoms. The third kappa shape index (κ3) is 6.57. The van der Waals surface area contributed by atoms with Gasteiger partial charge in [-0.1, -0.05) is 41.4 Å². The van der Waals surface area contributed by atoms with Gasteiger partial charge in [0.2, 0.25) is 0 Å². The van der Waals surface area contributed by atoms with E-state index in [1.165, 1.54) is 24.3 Å². The summed E-state index contributed by atoms with van der Waals surface area (Å²) in [5.41, 5.74) is 1.41. The summed E-state index contributed by atoms with van der Waals surface area (Å²) in [6.07, 6.45) is 2.55. The van der Waals surface area contributed by atoms with Gasteiger partial charge in [-0.2, -0.15) is 0 Å². The van der Waals surface area contributed by atoms with Crippen LogP contribution >= 0.6 is 23.2 Å². The summed E-state index contributed by atoms with van der Waals surface area (Å²) in [5, 5.41) is 3.18. The van der Waals surface area contributed by atoms with Gasteiger partial charge in [-0.15, -0.1) is 0 Å². The summed E-state index contributed by atoms with van der Waals surface area (Å²) in [4.78, 5) is 23.2. The molecule has 0 aromatic heterocycles. The zero-order chi connectivity index (χ0) is 18.2. The number of amides is 1. The quantitative estimate of drug-likeness (QED) is 0.607. The topological polar surface area (TPSA) is 55.4 Å². The Kier molecular flexibility index (Phi) is 6.98. The van der Waals surface area contributed by atoms with Crippen LogP contribution in [0.15, 0.2) is 48.5 Å². The minimum atomic E-state index is -0.693. The molecule has 1 amide bonds. The van der Waals surface area contributed by atoms with E-state index >= 15 is 0 Å². The van der Waals surface area contributed by atoms with Crippen molar-refractivity contribution in [3.05, 3.63) is 75.5 Å². The Hall–Kier alpha value is -2.37. The number of benzene rings is 2. The summed E-state index contributed by atoms with van der Waals surface area (Å²) < 4.78 is 17.8. The maximum absolute atomic E-state index is 13.0. The van der Waals surface area contributed by atoms with Crippen LogP contribution < -0.4 is 5.32 Å². The first-order valence-electron chi connectivity index (χ1n) is 7.25. The predicted octanol–water partition coefficient (Wildman–Crippen LogP) is 4.01. The minimum absolute atomic E-state index is 0.0444. The molecule has 0 atom stereocenters. The van der Waals surface area contributed by atoms with E-state index in [4.69, 9.17) is 27.9 Å².